The Balaban J connectivity index is 2.07. The molecule has 0 aromatic heterocycles. The van der Waals surface area contributed by atoms with Crippen LogP contribution >= 0.6 is 0 Å². The highest BCUT2D eigenvalue weighted by molar-refractivity contribution is 5.79. The molecule has 2 rings (SSSR count). The van der Waals surface area contributed by atoms with Gasteiger partial charge in [0.2, 0.25) is 5.91 Å². The molecule has 1 aliphatic heterocycles. The van der Waals surface area contributed by atoms with Crippen LogP contribution in [0, 0.1) is 5.92 Å². The summed E-state index contributed by atoms with van der Waals surface area (Å²) in [6.45, 7) is 2.69. The van der Waals surface area contributed by atoms with Crippen LogP contribution in [-0.2, 0) is 9.59 Å². The van der Waals surface area contributed by atoms with E-state index in [1.165, 1.54) is 12.8 Å². The molecule has 1 amide bonds. The van der Waals surface area contributed by atoms with Crippen molar-refractivity contribution in [2.24, 2.45) is 5.92 Å². The van der Waals surface area contributed by atoms with E-state index >= 15 is 0 Å². The van der Waals surface area contributed by atoms with Crippen LogP contribution < -0.4 is 0 Å². The molecule has 1 aliphatic carbocycles. The molecule has 0 bridgehead atoms. The third-order valence-electron chi connectivity index (χ3n) is 3.81. The molecule has 4 heteroatoms. The third-order valence-corrected chi connectivity index (χ3v) is 3.81. The number of aldehydes is 1. The van der Waals surface area contributed by atoms with E-state index in [1.54, 1.807) is 5.01 Å². The molecule has 0 aromatic rings. The van der Waals surface area contributed by atoms with Gasteiger partial charge in [-0.15, -0.1) is 0 Å². The second-order valence-electron chi connectivity index (χ2n) is 4.80. The summed E-state index contributed by atoms with van der Waals surface area (Å²) in [5.74, 6) is 0.821. The van der Waals surface area contributed by atoms with E-state index in [2.05, 4.69) is 11.9 Å². The lowest BCUT2D eigenvalue weighted by atomic mass is 9.93. The first-order chi connectivity index (χ1) is 7.09. The van der Waals surface area contributed by atoms with Crippen molar-refractivity contribution < 1.29 is 9.59 Å². The van der Waals surface area contributed by atoms with Crippen LogP contribution in [0.5, 0.6) is 0 Å². The Hall–Kier alpha value is -0.900. The predicted octanol–water partition coefficient (Wildman–Crippen LogP) is 0.823. The Bertz CT molecular complexity index is 288. The van der Waals surface area contributed by atoms with Gasteiger partial charge in [-0.2, -0.15) is 0 Å². The Kier molecular flexibility index (Phi) is 2.54. The Morgan fingerprint density at radius 2 is 2.20 bits per heavy atom. The predicted molar refractivity (Wildman–Crippen MR) is 55.9 cm³/mol. The van der Waals surface area contributed by atoms with Gasteiger partial charge in [0.15, 0.2) is 0 Å². The van der Waals surface area contributed by atoms with E-state index in [9.17, 15) is 9.59 Å². The zero-order valence-corrected chi connectivity index (χ0v) is 9.40. The van der Waals surface area contributed by atoms with Gasteiger partial charge < -0.3 is 4.79 Å². The summed E-state index contributed by atoms with van der Waals surface area (Å²) in [6, 6.07) is 0. The first kappa shape index (κ1) is 10.6. The number of amides is 1. The number of hydrazine groups is 1. The molecule has 15 heavy (non-hydrogen) atoms. The van der Waals surface area contributed by atoms with Gasteiger partial charge in [0.1, 0.15) is 6.29 Å². The van der Waals surface area contributed by atoms with E-state index in [-0.39, 0.29) is 11.4 Å². The van der Waals surface area contributed by atoms with Crippen LogP contribution in [0.3, 0.4) is 0 Å². The number of rotatable bonds is 4. The number of nitrogens with zero attached hydrogens (tertiary/aromatic N) is 2. The molecule has 1 heterocycles. The van der Waals surface area contributed by atoms with Crippen LogP contribution in [0.25, 0.3) is 0 Å². The maximum Gasteiger partial charge on any atom is 0.238 e. The summed E-state index contributed by atoms with van der Waals surface area (Å²) in [5.41, 5.74) is -0.0000321. The molecule has 0 radical (unpaired) electrons. The van der Waals surface area contributed by atoms with E-state index in [0.29, 0.717) is 25.3 Å². The van der Waals surface area contributed by atoms with Gasteiger partial charge >= 0.3 is 0 Å². The van der Waals surface area contributed by atoms with Gasteiger partial charge in [-0.05, 0) is 25.7 Å². The SMILES string of the molecule is CN1N(CCC=O)C(=O)CC1(C)C1CC1. The summed E-state index contributed by atoms with van der Waals surface area (Å²) in [6.07, 6.45) is 4.36. The highest BCUT2D eigenvalue weighted by atomic mass is 16.2. The molecule has 1 atom stereocenters. The van der Waals surface area contributed by atoms with Crippen LogP contribution in [0.2, 0.25) is 0 Å². The minimum Gasteiger partial charge on any atom is -0.303 e. The van der Waals surface area contributed by atoms with Crippen molar-refractivity contribution in [3.05, 3.63) is 0 Å². The summed E-state index contributed by atoms with van der Waals surface area (Å²) in [7, 11) is 1.97. The van der Waals surface area contributed by atoms with Crippen molar-refractivity contribution in [1.82, 2.24) is 10.0 Å². The lowest BCUT2D eigenvalue weighted by Gasteiger charge is -2.35. The monoisotopic (exact) mass is 210 g/mol. The molecule has 2 fully saturated rings. The molecular formula is C11H18N2O2. The fourth-order valence-corrected chi connectivity index (χ4v) is 2.52. The average Bonchev–Trinajstić information content (AvgIpc) is 2.98. The molecule has 1 saturated heterocycles. The van der Waals surface area contributed by atoms with Crippen LogP contribution in [0.1, 0.15) is 32.6 Å². The summed E-state index contributed by atoms with van der Waals surface area (Å²) in [4.78, 5) is 22.1. The Morgan fingerprint density at radius 1 is 1.53 bits per heavy atom. The minimum absolute atomic E-state index is 0.0000321. The maximum atomic E-state index is 11.8. The van der Waals surface area contributed by atoms with Gasteiger partial charge in [-0.25, -0.2) is 5.01 Å². The third kappa shape index (κ3) is 1.67. The van der Waals surface area contributed by atoms with E-state index in [4.69, 9.17) is 0 Å². The molecule has 1 unspecified atom stereocenters. The van der Waals surface area contributed by atoms with E-state index in [0.717, 1.165) is 6.29 Å². The largest absolute Gasteiger partial charge is 0.303 e. The lowest BCUT2D eigenvalue weighted by Crippen LogP contribution is -2.47. The van der Waals surface area contributed by atoms with Crippen molar-refractivity contribution in [3.63, 3.8) is 0 Å². The first-order valence-electron chi connectivity index (χ1n) is 5.57. The fraction of sp³-hybridized carbons (Fsp3) is 0.818. The first-order valence-corrected chi connectivity index (χ1v) is 5.57. The average molecular weight is 210 g/mol. The van der Waals surface area contributed by atoms with Crippen molar-refractivity contribution in [2.75, 3.05) is 13.6 Å². The van der Waals surface area contributed by atoms with Crippen LogP contribution in [0.4, 0.5) is 0 Å². The highest BCUT2D eigenvalue weighted by Gasteiger charge is 2.52. The number of hydrogen-bond donors (Lipinski definition) is 0. The zero-order valence-electron chi connectivity index (χ0n) is 9.40. The fourth-order valence-electron chi connectivity index (χ4n) is 2.52. The number of carbonyl (C=O) groups is 2. The normalized spacial score (nSPS) is 32.4. The summed E-state index contributed by atoms with van der Waals surface area (Å²) >= 11 is 0. The molecule has 0 aromatic carbocycles. The molecule has 84 valence electrons. The number of carbonyl (C=O) groups excluding carboxylic acids is 2. The highest BCUT2D eigenvalue weighted by Crippen LogP contribution is 2.47. The molecule has 0 N–H and O–H groups in total. The van der Waals surface area contributed by atoms with Crippen molar-refractivity contribution >= 4 is 12.2 Å². The smallest absolute Gasteiger partial charge is 0.238 e. The van der Waals surface area contributed by atoms with Gasteiger partial charge in [0, 0.05) is 32.0 Å². The lowest BCUT2D eigenvalue weighted by molar-refractivity contribution is -0.139. The van der Waals surface area contributed by atoms with Crippen molar-refractivity contribution in [3.8, 4) is 0 Å². The van der Waals surface area contributed by atoms with Gasteiger partial charge in [0.05, 0.1) is 0 Å². The van der Waals surface area contributed by atoms with Crippen molar-refractivity contribution in [2.45, 2.75) is 38.1 Å². The van der Waals surface area contributed by atoms with Crippen LogP contribution in [0.15, 0.2) is 0 Å². The maximum absolute atomic E-state index is 11.8. The summed E-state index contributed by atoms with van der Waals surface area (Å²) < 4.78 is 0. The van der Waals surface area contributed by atoms with Gasteiger partial charge in [-0.1, -0.05) is 0 Å². The molecule has 1 saturated carbocycles. The standard InChI is InChI=1S/C11H18N2O2/c1-11(9-4-5-9)8-10(15)13(12(11)2)6-3-7-14/h7,9H,3-6,8H2,1-2H3. The quantitative estimate of drug-likeness (QED) is 0.645. The zero-order chi connectivity index (χ0) is 11.1. The van der Waals surface area contributed by atoms with Gasteiger partial charge in [0.25, 0.3) is 0 Å². The number of hydrogen-bond acceptors (Lipinski definition) is 3. The Labute approximate surface area is 90.2 Å². The van der Waals surface area contributed by atoms with Gasteiger partial charge in [-0.3, -0.25) is 9.80 Å². The topological polar surface area (TPSA) is 40.6 Å². The minimum atomic E-state index is -0.0000321. The molecule has 2 aliphatic rings. The molecular weight excluding hydrogens is 192 g/mol. The summed E-state index contributed by atoms with van der Waals surface area (Å²) in [5, 5.41) is 3.78. The van der Waals surface area contributed by atoms with E-state index < -0.39 is 0 Å². The second kappa shape index (κ2) is 3.59. The van der Waals surface area contributed by atoms with Crippen molar-refractivity contribution in [1.29, 1.82) is 0 Å². The molecule has 4 nitrogen and oxygen atoms in total. The van der Waals surface area contributed by atoms with E-state index in [1.807, 2.05) is 7.05 Å². The second-order valence-corrected chi connectivity index (χ2v) is 4.80. The Morgan fingerprint density at radius 3 is 2.73 bits per heavy atom. The molecule has 0 spiro atoms. The van der Waals surface area contributed by atoms with Crippen LogP contribution in [-0.4, -0.2) is 41.3 Å².